The molecule has 4 aromatic rings. The predicted molar refractivity (Wildman–Crippen MR) is 109 cm³/mol. The lowest BCUT2D eigenvalue weighted by atomic mass is 10.5. The van der Waals surface area contributed by atoms with E-state index >= 15 is 0 Å². The lowest BCUT2D eigenvalue weighted by Gasteiger charge is -2.03. The van der Waals surface area contributed by atoms with Crippen LogP contribution in [0.2, 0.25) is 15.7 Å². The molecule has 0 radical (unpaired) electrons. The summed E-state index contributed by atoms with van der Waals surface area (Å²) in [7, 11) is 0. The maximum atomic E-state index is 5.68. The molecule has 0 atom stereocenters. The number of hydrogen-bond donors (Lipinski definition) is 1. The SMILES string of the molecule is Cc1ccc[nH]1.Cc1cccn1-c1ccnc(Cl)n1.Clc1ccnc(Cl)n1. The van der Waals surface area contributed by atoms with Gasteiger partial charge in [0.15, 0.2) is 0 Å². The Morgan fingerprint density at radius 3 is 1.96 bits per heavy atom. The van der Waals surface area contributed by atoms with Gasteiger partial charge >= 0.3 is 0 Å². The Labute approximate surface area is 172 Å². The second kappa shape index (κ2) is 10.7. The third-order valence-electron chi connectivity index (χ3n) is 3.16. The van der Waals surface area contributed by atoms with E-state index in [-0.39, 0.29) is 10.6 Å². The van der Waals surface area contributed by atoms with E-state index in [1.54, 1.807) is 12.3 Å². The van der Waals surface area contributed by atoms with E-state index < -0.39 is 0 Å². The third kappa shape index (κ3) is 7.38. The number of aromatic amines is 1. The number of aryl methyl sites for hydroxylation is 2. The van der Waals surface area contributed by atoms with Crippen LogP contribution in [0.5, 0.6) is 0 Å². The molecule has 4 rings (SSSR count). The Bertz CT molecular complexity index is 936. The number of nitrogens with one attached hydrogen (secondary N) is 1. The van der Waals surface area contributed by atoms with Crippen LogP contribution in [-0.2, 0) is 0 Å². The summed E-state index contributed by atoms with van der Waals surface area (Å²) < 4.78 is 1.95. The fourth-order valence-corrected chi connectivity index (χ4v) is 2.39. The average molecular weight is 424 g/mol. The minimum absolute atomic E-state index is 0.178. The first-order chi connectivity index (χ1) is 13.0. The molecule has 27 heavy (non-hydrogen) atoms. The van der Waals surface area contributed by atoms with E-state index in [1.165, 1.54) is 11.9 Å². The molecule has 140 valence electrons. The van der Waals surface area contributed by atoms with Crippen LogP contribution < -0.4 is 0 Å². The number of aromatic nitrogens is 6. The number of nitrogens with zero attached hydrogens (tertiary/aromatic N) is 5. The van der Waals surface area contributed by atoms with Crippen LogP contribution in [0, 0.1) is 13.8 Å². The normalized spacial score (nSPS) is 9.67. The molecular weight excluding hydrogens is 407 g/mol. The van der Waals surface area contributed by atoms with E-state index in [2.05, 4.69) is 24.9 Å². The van der Waals surface area contributed by atoms with Crippen molar-refractivity contribution in [2.45, 2.75) is 13.8 Å². The van der Waals surface area contributed by atoms with Gasteiger partial charge in [0.25, 0.3) is 0 Å². The highest BCUT2D eigenvalue weighted by Gasteiger charge is 2.00. The van der Waals surface area contributed by atoms with Gasteiger partial charge in [-0.25, -0.2) is 15.0 Å². The molecule has 0 bridgehead atoms. The molecular formula is C18H17Cl3N6. The van der Waals surface area contributed by atoms with E-state index in [9.17, 15) is 0 Å². The fraction of sp³-hybridized carbons (Fsp3) is 0.111. The highest BCUT2D eigenvalue weighted by molar-refractivity contribution is 6.31. The Hall–Kier alpha value is -2.41. The summed E-state index contributed by atoms with van der Waals surface area (Å²) in [5.74, 6) is 0.794. The van der Waals surface area contributed by atoms with Gasteiger partial charge in [-0.05, 0) is 73.4 Å². The summed E-state index contributed by atoms with van der Waals surface area (Å²) in [6.45, 7) is 4.04. The molecule has 0 aliphatic carbocycles. The van der Waals surface area contributed by atoms with Crippen molar-refractivity contribution in [3.8, 4) is 5.82 Å². The predicted octanol–water partition coefficient (Wildman–Crippen LogP) is 5.34. The lowest BCUT2D eigenvalue weighted by molar-refractivity contribution is 0.945. The van der Waals surface area contributed by atoms with E-state index in [1.807, 2.05) is 61.1 Å². The quantitative estimate of drug-likeness (QED) is 0.331. The molecule has 0 unspecified atom stereocenters. The van der Waals surface area contributed by atoms with Gasteiger partial charge in [0.05, 0.1) is 0 Å². The summed E-state index contributed by atoms with van der Waals surface area (Å²) in [5.41, 5.74) is 2.34. The largest absolute Gasteiger partial charge is 0.365 e. The molecule has 0 fully saturated rings. The first-order valence-corrected chi connectivity index (χ1v) is 8.96. The summed E-state index contributed by atoms with van der Waals surface area (Å²) >= 11 is 16.4. The maximum Gasteiger partial charge on any atom is 0.224 e. The lowest BCUT2D eigenvalue weighted by Crippen LogP contribution is -1.98. The van der Waals surface area contributed by atoms with Gasteiger partial charge in [0.1, 0.15) is 11.0 Å². The summed E-state index contributed by atoms with van der Waals surface area (Å²) in [6.07, 6.45) is 6.99. The highest BCUT2D eigenvalue weighted by Crippen LogP contribution is 2.10. The number of halogens is 3. The number of H-pyrrole nitrogens is 1. The first-order valence-electron chi connectivity index (χ1n) is 7.82. The third-order valence-corrected chi connectivity index (χ3v) is 3.73. The van der Waals surface area contributed by atoms with Gasteiger partial charge in [-0.3, -0.25) is 0 Å². The van der Waals surface area contributed by atoms with Crippen LogP contribution in [0.3, 0.4) is 0 Å². The zero-order chi connectivity index (χ0) is 19.6. The van der Waals surface area contributed by atoms with E-state index in [0.29, 0.717) is 5.15 Å². The monoisotopic (exact) mass is 422 g/mol. The molecule has 0 aliphatic rings. The van der Waals surface area contributed by atoms with Crippen LogP contribution in [0.1, 0.15) is 11.4 Å². The average Bonchev–Trinajstić information content (AvgIpc) is 3.27. The molecule has 0 spiro atoms. The molecule has 0 amide bonds. The van der Waals surface area contributed by atoms with Crippen LogP contribution in [-0.4, -0.2) is 29.5 Å². The van der Waals surface area contributed by atoms with Gasteiger partial charge in [0, 0.05) is 36.2 Å². The Balaban J connectivity index is 0.000000159. The Morgan fingerprint density at radius 2 is 1.56 bits per heavy atom. The van der Waals surface area contributed by atoms with Crippen LogP contribution in [0.4, 0.5) is 0 Å². The second-order valence-corrected chi connectivity index (χ2v) is 6.27. The van der Waals surface area contributed by atoms with Crippen molar-refractivity contribution in [3.63, 3.8) is 0 Å². The van der Waals surface area contributed by atoms with Crippen molar-refractivity contribution in [1.82, 2.24) is 29.5 Å². The highest BCUT2D eigenvalue weighted by atomic mass is 35.5. The molecule has 6 nitrogen and oxygen atoms in total. The minimum Gasteiger partial charge on any atom is -0.365 e. The number of hydrogen-bond acceptors (Lipinski definition) is 4. The molecule has 0 saturated heterocycles. The summed E-state index contributed by atoms with van der Waals surface area (Å²) in [4.78, 5) is 18.1. The van der Waals surface area contributed by atoms with Crippen molar-refractivity contribution in [3.05, 3.63) is 88.3 Å². The van der Waals surface area contributed by atoms with Crippen molar-refractivity contribution in [2.75, 3.05) is 0 Å². The van der Waals surface area contributed by atoms with Crippen molar-refractivity contribution >= 4 is 34.8 Å². The summed E-state index contributed by atoms with van der Waals surface area (Å²) in [5, 5.41) is 0.813. The zero-order valence-corrected chi connectivity index (χ0v) is 16.9. The smallest absolute Gasteiger partial charge is 0.224 e. The molecule has 9 heteroatoms. The van der Waals surface area contributed by atoms with Crippen LogP contribution in [0.25, 0.3) is 5.82 Å². The van der Waals surface area contributed by atoms with E-state index in [0.717, 1.165) is 11.5 Å². The molecule has 0 aliphatic heterocycles. The van der Waals surface area contributed by atoms with E-state index in [4.69, 9.17) is 34.8 Å². The van der Waals surface area contributed by atoms with Gasteiger partial charge in [-0.1, -0.05) is 11.6 Å². The van der Waals surface area contributed by atoms with Gasteiger partial charge in [0.2, 0.25) is 10.6 Å². The van der Waals surface area contributed by atoms with Gasteiger partial charge in [-0.2, -0.15) is 4.98 Å². The topological polar surface area (TPSA) is 72.3 Å². The first kappa shape index (κ1) is 20.9. The van der Waals surface area contributed by atoms with Crippen LogP contribution >= 0.6 is 34.8 Å². The van der Waals surface area contributed by atoms with Crippen molar-refractivity contribution < 1.29 is 0 Å². The number of rotatable bonds is 1. The Morgan fingerprint density at radius 1 is 0.852 bits per heavy atom. The van der Waals surface area contributed by atoms with Gasteiger partial charge < -0.3 is 9.55 Å². The van der Waals surface area contributed by atoms with Crippen LogP contribution in [0.15, 0.2) is 61.2 Å². The van der Waals surface area contributed by atoms with Gasteiger partial charge in [-0.15, -0.1) is 0 Å². The molecule has 4 aromatic heterocycles. The van der Waals surface area contributed by atoms with Crippen molar-refractivity contribution in [1.29, 1.82) is 0 Å². The fourth-order valence-electron chi connectivity index (χ4n) is 1.92. The maximum absolute atomic E-state index is 5.68. The van der Waals surface area contributed by atoms with Crippen molar-refractivity contribution in [2.24, 2.45) is 0 Å². The second-order valence-electron chi connectivity index (χ2n) is 5.20. The minimum atomic E-state index is 0.178. The zero-order valence-electron chi connectivity index (χ0n) is 14.6. The molecule has 4 heterocycles. The summed E-state index contributed by atoms with van der Waals surface area (Å²) in [6, 6.07) is 11.4. The molecule has 0 saturated carbocycles. The molecule has 0 aromatic carbocycles. The molecule has 1 N–H and O–H groups in total. The standard InChI is InChI=1S/C9H8ClN3.C5H7N.C4H2Cl2N2/c1-7-3-2-6-13(7)8-4-5-11-9(10)12-8;1-5-3-2-4-6-5;5-3-1-2-7-4(6)8-3/h2-6H,1H3;2-4,6H,1H3;1-2H. The Kier molecular flexibility index (Phi) is 8.26.